The fourth-order valence-corrected chi connectivity index (χ4v) is 9.27. The van der Waals surface area contributed by atoms with Crippen molar-refractivity contribution in [2.24, 2.45) is 0 Å². The zero-order valence-electron chi connectivity index (χ0n) is 45.0. The first-order valence-corrected chi connectivity index (χ1v) is 29.9. The second-order valence-corrected chi connectivity index (χ2v) is 20.6. The molecule has 4 N–H and O–H groups in total. The quantitative estimate of drug-likeness (QED) is 0.0361. The number of hydrogen-bond acceptors (Lipinski definition) is 4. The van der Waals surface area contributed by atoms with Crippen molar-refractivity contribution in [3.05, 3.63) is 48.6 Å². The van der Waals surface area contributed by atoms with E-state index in [1.54, 1.807) is 6.08 Å². The number of unbranched alkanes of at least 4 members (excludes halogenated alkanes) is 40. The summed E-state index contributed by atoms with van der Waals surface area (Å²) in [7, 11) is 0. The molecule has 0 aliphatic rings. The van der Waals surface area contributed by atoms with Crippen molar-refractivity contribution < 1.29 is 20.1 Å². The monoisotopic (exact) mass is 940 g/mol. The van der Waals surface area contributed by atoms with Gasteiger partial charge in [0.2, 0.25) is 5.91 Å². The van der Waals surface area contributed by atoms with Gasteiger partial charge in [-0.1, -0.05) is 294 Å². The molecule has 0 aromatic carbocycles. The van der Waals surface area contributed by atoms with Gasteiger partial charge in [-0.3, -0.25) is 4.79 Å². The van der Waals surface area contributed by atoms with E-state index in [1.165, 1.54) is 250 Å². The summed E-state index contributed by atoms with van der Waals surface area (Å²) in [5, 5.41) is 33.4. The van der Waals surface area contributed by atoms with Crippen molar-refractivity contribution in [3.63, 3.8) is 0 Å². The molecule has 1 amide bonds. The standard InChI is InChI=1S/C62H117NO4/c1-3-5-7-9-11-13-15-17-19-21-22-23-24-25-26-27-28-29-30-31-32-33-34-35-36-37-38-40-41-43-45-47-49-51-53-55-59(65)57-62(67)63-60(58-64)61(66)56-54-52-50-48-46-44-42-39-20-18-16-14-12-10-8-6-4-2/h26-27,29-30,46,48,54,56,59-61,64-66H,3-25,28,31-45,47,49-53,55,57-58H2,1-2H3,(H,63,67)/b27-26-,30-29-,48-46+,56-54+. The number of aliphatic hydroxyl groups excluding tert-OH is 3. The zero-order chi connectivity index (χ0) is 48.6. The molecule has 5 heteroatoms. The first-order valence-electron chi connectivity index (χ1n) is 29.9. The summed E-state index contributed by atoms with van der Waals surface area (Å²) in [6.45, 7) is 4.23. The van der Waals surface area contributed by atoms with Gasteiger partial charge in [-0.25, -0.2) is 0 Å². The average Bonchev–Trinajstić information content (AvgIpc) is 3.32. The maximum absolute atomic E-state index is 12.5. The summed E-state index contributed by atoms with van der Waals surface area (Å²) in [6.07, 6.45) is 76.1. The molecular weight excluding hydrogens is 823 g/mol. The van der Waals surface area contributed by atoms with Gasteiger partial charge in [-0.2, -0.15) is 0 Å². The third kappa shape index (κ3) is 53.5. The minimum Gasteiger partial charge on any atom is -0.394 e. The molecule has 0 heterocycles. The van der Waals surface area contributed by atoms with Crippen LogP contribution >= 0.6 is 0 Å². The summed E-state index contributed by atoms with van der Waals surface area (Å²) in [6, 6.07) is -0.762. The lowest BCUT2D eigenvalue weighted by Crippen LogP contribution is -2.45. The molecule has 0 aromatic rings. The van der Waals surface area contributed by atoms with Gasteiger partial charge in [-0.05, 0) is 64.2 Å². The van der Waals surface area contributed by atoms with Crippen LogP contribution in [0.15, 0.2) is 48.6 Å². The molecule has 0 saturated heterocycles. The summed E-state index contributed by atoms with van der Waals surface area (Å²) < 4.78 is 0. The number of nitrogens with one attached hydrogen (secondary N) is 1. The molecule has 5 nitrogen and oxygen atoms in total. The molecule has 0 aromatic heterocycles. The Morgan fingerprint density at radius 3 is 1.04 bits per heavy atom. The van der Waals surface area contributed by atoms with Crippen molar-refractivity contribution >= 4 is 5.91 Å². The fraction of sp³-hybridized carbons (Fsp3) is 0.855. The highest BCUT2D eigenvalue weighted by molar-refractivity contribution is 5.76. The first kappa shape index (κ1) is 65.3. The van der Waals surface area contributed by atoms with Crippen LogP contribution in [0.3, 0.4) is 0 Å². The molecule has 0 radical (unpaired) electrons. The van der Waals surface area contributed by atoms with Crippen LogP contribution in [-0.2, 0) is 4.79 Å². The molecule has 0 aliphatic carbocycles. The lowest BCUT2D eigenvalue weighted by atomic mass is 10.0. The smallest absolute Gasteiger partial charge is 0.222 e. The van der Waals surface area contributed by atoms with Crippen LogP contribution in [0.5, 0.6) is 0 Å². The van der Waals surface area contributed by atoms with Gasteiger partial charge in [0.05, 0.1) is 31.3 Å². The molecule has 394 valence electrons. The van der Waals surface area contributed by atoms with Gasteiger partial charge in [0.1, 0.15) is 0 Å². The number of aliphatic hydroxyl groups is 3. The predicted molar refractivity (Wildman–Crippen MR) is 296 cm³/mol. The van der Waals surface area contributed by atoms with E-state index in [1.807, 2.05) is 6.08 Å². The highest BCUT2D eigenvalue weighted by Gasteiger charge is 2.20. The van der Waals surface area contributed by atoms with Crippen LogP contribution in [-0.4, -0.2) is 46.1 Å². The first-order chi connectivity index (χ1) is 33.0. The van der Waals surface area contributed by atoms with Gasteiger partial charge < -0.3 is 20.6 Å². The van der Waals surface area contributed by atoms with Gasteiger partial charge in [0, 0.05) is 0 Å². The van der Waals surface area contributed by atoms with E-state index in [0.717, 1.165) is 38.5 Å². The van der Waals surface area contributed by atoms with E-state index in [4.69, 9.17) is 0 Å². The Kier molecular flexibility index (Phi) is 55.5. The Morgan fingerprint density at radius 1 is 0.388 bits per heavy atom. The molecule has 3 unspecified atom stereocenters. The third-order valence-electron chi connectivity index (χ3n) is 13.8. The lowest BCUT2D eigenvalue weighted by molar-refractivity contribution is -0.124. The molecule has 0 fully saturated rings. The number of carbonyl (C=O) groups is 1. The van der Waals surface area contributed by atoms with Crippen LogP contribution in [0.1, 0.15) is 316 Å². The Hall–Kier alpha value is -1.69. The minimum absolute atomic E-state index is 0.00624. The molecule has 0 bridgehead atoms. The molecule has 0 rings (SSSR count). The number of allylic oxidation sites excluding steroid dienone is 7. The summed E-state index contributed by atoms with van der Waals surface area (Å²) >= 11 is 0. The fourth-order valence-electron chi connectivity index (χ4n) is 9.27. The Balaban J connectivity index is 3.53. The van der Waals surface area contributed by atoms with Gasteiger partial charge in [-0.15, -0.1) is 0 Å². The predicted octanol–water partition coefficient (Wildman–Crippen LogP) is 18.8. The van der Waals surface area contributed by atoms with Gasteiger partial charge in [0.15, 0.2) is 0 Å². The van der Waals surface area contributed by atoms with Crippen molar-refractivity contribution in [2.45, 2.75) is 334 Å². The minimum atomic E-state index is -0.953. The average molecular weight is 941 g/mol. The normalized spacial score (nSPS) is 13.6. The second kappa shape index (κ2) is 56.9. The number of amides is 1. The number of carbonyl (C=O) groups excluding carboxylic acids is 1. The van der Waals surface area contributed by atoms with Crippen LogP contribution < -0.4 is 5.32 Å². The maximum Gasteiger partial charge on any atom is 0.222 e. The highest BCUT2D eigenvalue weighted by Crippen LogP contribution is 2.17. The number of hydrogen-bond donors (Lipinski definition) is 4. The summed E-state index contributed by atoms with van der Waals surface area (Å²) in [5.74, 6) is -0.323. The van der Waals surface area contributed by atoms with E-state index in [0.29, 0.717) is 6.42 Å². The van der Waals surface area contributed by atoms with Crippen molar-refractivity contribution in [3.8, 4) is 0 Å². The molecule has 0 spiro atoms. The molecular formula is C62H117NO4. The summed E-state index contributed by atoms with van der Waals surface area (Å²) in [4.78, 5) is 12.5. The van der Waals surface area contributed by atoms with Crippen LogP contribution in [0.4, 0.5) is 0 Å². The molecule has 0 saturated carbocycles. The van der Waals surface area contributed by atoms with Crippen LogP contribution in [0.25, 0.3) is 0 Å². The maximum atomic E-state index is 12.5. The molecule has 3 atom stereocenters. The van der Waals surface area contributed by atoms with E-state index >= 15 is 0 Å². The lowest BCUT2D eigenvalue weighted by Gasteiger charge is -2.21. The molecule has 0 aliphatic heterocycles. The number of rotatable bonds is 55. The Labute approximate surface area is 418 Å². The topological polar surface area (TPSA) is 89.8 Å². The van der Waals surface area contributed by atoms with E-state index in [9.17, 15) is 20.1 Å². The van der Waals surface area contributed by atoms with E-state index < -0.39 is 18.2 Å². The third-order valence-corrected chi connectivity index (χ3v) is 13.8. The SMILES string of the molecule is CCCCCCCCCCCCC/C=C/CC/C=C/C(O)C(CO)NC(=O)CC(O)CCCCCCCCCCCCCCCCC/C=C\C/C=C\CCCCCCCCCCCCCCC. The van der Waals surface area contributed by atoms with Crippen LogP contribution in [0.2, 0.25) is 0 Å². The Morgan fingerprint density at radius 2 is 0.687 bits per heavy atom. The van der Waals surface area contributed by atoms with Crippen molar-refractivity contribution in [1.82, 2.24) is 5.32 Å². The molecule has 67 heavy (non-hydrogen) atoms. The van der Waals surface area contributed by atoms with Crippen LogP contribution in [0, 0.1) is 0 Å². The summed E-state index contributed by atoms with van der Waals surface area (Å²) in [5.41, 5.74) is 0. The largest absolute Gasteiger partial charge is 0.394 e. The Bertz CT molecular complexity index is 1080. The van der Waals surface area contributed by atoms with Gasteiger partial charge in [0.25, 0.3) is 0 Å². The van der Waals surface area contributed by atoms with E-state index in [2.05, 4.69) is 55.6 Å². The van der Waals surface area contributed by atoms with Crippen molar-refractivity contribution in [1.29, 1.82) is 0 Å². The second-order valence-electron chi connectivity index (χ2n) is 20.6. The van der Waals surface area contributed by atoms with Gasteiger partial charge >= 0.3 is 0 Å². The van der Waals surface area contributed by atoms with Crippen molar-refractivity contribution in [2.75, 3.05) is 6.61 Å². The van der Waals surface area contributed by atoms with E-state index in [-0.39, 0.29) is 18.9 Å². The highest BCUT2D eigenvalue weighted by atomic mass is 16.3. The zero-order valence-corrected chi connectivity index (χ0v) is 45.0.